The molecule has 1 heterocycles. The third-order valence-electron chi connectivity index (χ3n) is 2.85. The second kappa shape index (κ2) is 3.62. The van der Waals surface area contributed by atoms with Crippen molar-refractivity contribution in [3.63, 3.8) is 0 Å². The fourth-order valence-corrected chi connectivity index (χ4v) is 2.05. The molecule has 0 saturated carbocycles. The number of nitrogens with two attached hydrogens (primary N) is 1. The Morgan fingerprint density at radius 3 is 2.67 bits per heavy atom. The molecule has 4 heteroatoms. The molecular formula is C11H13FN2O. The van der Waals surface area contributed by atoms with Crippen LogP contribution in [0.5, 0.6) is 0 Å². The molecule has 1 amide bonds. The Morgan fingerprint density at radius 1 is 1.47 bits per heavy atom. The quantitative estimate of drug-likeness (QED) is 0.750. The largest absolute Gasteiger partial charge is 0.337 e. The van der Waals surface area contributed by atoms with Crippen molar-refractivity contribution in [1.82, 2.24) is 4.90 Å². The lowest BCUT2D eigenvalue weighted by atomic mass is 10.0. The van der Waals surface area contributed by atoms with Crippen LogP contribution in [-0.4, -0.2) is 23.9 Å². The van der Waals surface area contributed by atoms with E-state index in [0.29, 0.717) is 5.56 Å². The van der Waals surface area contributed by atoms with Crippen molar-refractivity contribution in [1.29, 1.82) is 0 Å². The SMILES string of the molecule is CN1C(=O)CC(N)C1c1ccccc1F. The zero-order valence-electron chi connectivity index (χ0n) is 8.48. The Bertz CT molecular complexity index is 394. The number of amides is 1. The molecule has 2 rings (SSSR count). The van der Waals surface area contributed by atoms with E-state index in [2.05, 4.69) is 0 Å². The maximum atomic E-state index is 13.5. The van der Waals surface area contributed by atoms with Crippen LogP contribution in [0.2, 0.25) is 0 Å². The van der Waals surface area contributed by atoms with E-state index in [9.17, 15) is 9.18 Å². The van der Waals surface area contributed by atoms with Crippen LogP contribution < -0.4 is 5.73 Å². The number of rotatable bonds is 1. The Kier molecular flexibility index (Phi) is 2.44. The molecule has 1 aromatic rings. The van der Waals surface area contributed by atoms with Crippen molar-refractivity contribution in [2.75, 3.05) is 7.05 Å². The minimum atomic E-state index is -0.335. The van der Waals surface area contributed by atoms with Crippen molar-refractivity contribution >= 4 is 5.91 Å². The smallest absolute Gasteiger partial charge is 0.224 e. The summed E-state index contributed by atoms with van der Waals surface area (Å²) in [6.45, 7) is 0. The summed E-state index contributed by atoms with van der Waals surface area (Å²) in [6.07, 6.45) is 0.287. The molecular weight excluding hydrogens is 195 g/mol. The molecule has 15 heavy (non-hydrogen) atoms. The van der Waals surface area contributed by atoms with E-state index in [0.717, 1.165) is 0 Å². The maximum absolute atomic E-state index is 13.5. The van der Waals surface area contributed by atoms with Crippen molar-refractivity contribution in [2.45, 2.75) is 18.5 Å². The molecule has 1 saturated heterocycles. The summed E-state index contributed by atoms with van der Waals surface area (Å²) in [4.78, 5) is 12.9. The molecule has 3 nitrogen and oxygen atoms in total. The molecule has 80 valence electrons. The average molecular weight is 208 g/mol. The van der Waals surface area contributed by atoms with Gasteiger partial charge in [-0.1, -0.05) is 18.2 Å². The number of likely N-dealkylation sites (N-methyl/N-ethyl adjacent to an activating group) is 1. The van der Waals surface area contributed by atoms with Crippen LogP contribution in [0, 0.1) is 5.82 Å². The lowest BCUT2D eigenvalue weighted by molar-refractivity contribution is -0.127. The van der Waals surface area contributed by atoms with E-state index in [1.165, 1.54) is 11.0 Å². The van der Waals surface area contributed by atoms with Gasteiger partial charge in [-0.3, -0.25) is 4.79 Å². The Balaban J connectivity index is 2.39. The standard InChI is InChI=1S/C11H13FN2O/c1-14-10(15)6-9(13)11(14)7-4-2-3-5-8(7)12/h2-5,9,11H,6,13H2,1H3. The first-order valence-electron chi connectivity index (χ1n) is 4.87. The molecule has 1 aliphatic rings. The normalized spacial score (nSPS) is 26.1. The number of hydrogen-bond acceptors (Lipinski definition) is 2. The summed E-state index contributed by atoms with van der Waals surface area (Å²) in [5.74, 6) is -0.338. The molecule has 0 radical (unpaired) electrons. The highest BCUT2D eigenvalue weighted by Gasteiger charge is 2.37. The molecule has 2 unspecified atom stereocenters. The van der Waals surface area contributed by atoms with Crippen molar-refractivity contribution in [2.24, 2.45) is 5.73 Å². The fourth-order valence-electron chi connectivity index (χ4n) is 2.05. The number of carbonyl (C=O) groups is 1. The van der Waals surface area contributed by atoms with Gasteiger partial charge in [0, 0.05) is 25.1 Å². The van der Waals surface area contributed by atoms with E-state index >= 15 is 0 Å². The average Bonchev–Trinajstić information content (AvgIpc) is 2.43. The highest BCUT2D eigenvalue weighted by molar-refractivity contribution is 5.80. The van der Waals surface area contributed by atoms with Gasteiger partial charge in [0.15, 0.2) is 0 Å². The minimum absolute atomic E-state index is 0.0317. The highest BCUT2D eigenvalue weighted by Crippen LogP contribution is 2.31. The summed E-state index contributed by atoms with van der Waals surface area (Å²) >= 11 is 0. The zero-order valence-corrected chi connectivity index (χ0v) is 8.48. The van der Waals surface area contributed by atoms with Gasteiger partial charge in [-0.05, 0) is 6.07 Å². The van der Waals surface area contributed by atoms with Crippen molar-refractivity contribution < 1.29 is 9.18 Å². The van der Waals surface area contributed by atoms with Crippen molar-refractivity contribution in [3.05, 3.63) is 35.6 Å². The lowest BCUT2D eigenvalue weighted by Crippen LogP contribution is -2.30. The second-order valence-corrected chi connectivity index (χ2v) is 3.84. The molecule has 2 atom stereocenters. The van der Waals surface area contributed by atoms with Gasteiger partial charge >= 0.3 is 0 Å². The van der Waals surface area contributed by atoms with Crippen LogP contribution in [0.3, 0.4) is 0 Å². The number of hydrogen-bond donors (Lipinski definition) is 1. The Hall–Kier alpha value is -1.42. The van der Waals surface area contributed by atoms with Gasteiger partial charge in [0.05, 0.1) is 6.04 Å². The van der Waals surface area contributed by atoms with Gasteiger partial charge in [0.1, 0.15) is 5.82 Å². The molecule has 2 N–H and O–H groups in total. The molecule has 1 aromatic carbocycles. The summed E-state index contributed by atoms with van der Waals surface area (Å²) in [6, 6.07) is 5.79. The van der Waals surface area contributed by atoms with Gasteiger partial charge in [0.2, 0.25) is 5.91 Å². The van der Waals surface area contributed by atoms with Crippen LogP contribution in [0.1, 0.15) is 18.0 Å². The van der Waals surface area contributed by atoms with E-state index in [-0.39, 0.29) is 30.2 Å². The first-order chi connectivity index (χ1) is 7.11. The van der Waals surface area contributed by atoms with Crippen LogP contribution in [0.15, 0.2) is 24.3 Å². The van der Waals surface area contributed by atoms with Gasteiger partial charge in [-0.25, -0.2) is 4.39 Å². The summed E-state index contributed by atoms with van der Waals surface area (Å²) in [5, 5.41) is 0. The molecule has 0 spiro atoms. The van der Waals surface area contributed by atoms with E-state index in [4.69, 9.17) is 5.73 Å². The van der Waals surface area contributed by atoms with Crippen LogP contribution in [0.4, 0.5) is 4.39 Å². The number of benzene rings is 1. The predicted molar refractivity (Wildman–Crippen MR) is 54.5 cm³/mol. The number of halogens is 1. The Labute approximate surface area is 87.7 Å². The summed E-state index contributed by atoms with van der Waals surface area (Å²) < 4.78 is 13.5. The highest BCUT2D eigenvalue weighted by atomic mass is 19.1. The topological polar surface area (TPSA) is 46.3 Å². The number of likely N-dealkylation sites (tertiary alicyclic amines) is 1. The molecule has 1 aliphatic heterocycles. The summed E-state index contributed by atoms with van der Waals surface area (Å²) in [7, 11) is 1.66. The van der Waals surface area contributed by atoms with Gasteiger partial charge in [0.25, 0.3) is 0 Å². The van der Waals surface area contributed by atoms with Crippen LogP contribution in [0.25, 0.3) is 0 Å². The third-order valence-corrected chi connectivity index (χ3v) is 2.85. The minimum Gasteiger partial charge on any atom is -0.337 e. The molecule has 0 bridgehead atoms. The number of carbonyl (C=O) groups excluding carboxylic acids is 1. The number of nitrogens with zero attached hydrogens (tertiary/aromatic N) is 1. The van der Waals surface area contributed by atoms with Crippen LogP contribution in [-0.2, 0) is 4.79 Å². The fraction of sp³-hybridized carbons (Fsp3) is 0.364. The lowest BCUT2D eigenvalue weighted by Gasteiger charge is -2.23. The van der Waals surface area contributed by atoms with Gasteiger partial charge in [-0.2, -0.15) is 0 Å². The van der Waals surface area contributed by atoms with Crippen LogP contribution >= 0.6 is 0 Å². The zero-order chi connectivity index (χ0) is 11.0. The van der Waals surface area contributed by atoms with E-state index < -0.39 is 0 Å². The molecule has 0 aliphatic carbocycles. The third kappa shape index (κ3) is 1.61. The maximum Gasteiger partial charge on any atom is 0.224 e. The monoisotopic (exact) mass is 208 g/mol. The van der Waals surface area contributed by atoms with Crippen molar-refractivity contribution in [3.8, 4) is 0 Å². The van der Waals surface area contributed by atoms with Gasteiger partial charge < -0.3 is 10.6 Å². The Morgan fingerprint density at radius 2 is 2.13 bits per heavy atom. The summed E-state index contributed by atoms with van der Waals surface area (Å²) in [5.41, 5.74) is 6.33. The molecule has 1 fully saturated rings. The second-order valence-electron chi connectivity index (χ2n) is 3.84. The van der Waals surface area contributed by atoms with E-state index in [1.54, 1.807) is 25.2 Å². The molecule has 0 aromatic heterocycles. The van der Waals surface area contributed by atoms with E-state index in [1.807, 2.05) is 0 Å². The first-order valence-corrected chi connectivity index (χ1v) is 4.87. The first kappa shape index (κ1) is 10.1. The van der Waals surface area contributed by atoms with Gasteiger partial charge in [-0.15, -0.1) is 0 Å². The predicted octanol–water partition coefficient (Wildman–Crippen LogP) is 1.06.